The second-order valence-corrected chi connectivity index (χ2v) is 5.14. The van der Waals surface area contributed by atoms with E-state index >= 15 is 0 Å². The van der Waals surface area contributed by atoms with Crippen molar-refractivity contribution in [2.75, 3.05) is 0 Å². The second kappa shape index (κ2) is 9.60. The molecule has 0 spiro atoms. The van der Waals surface area contributed by atoms with E-state index in [2.05, 4.69) is 6.92 Å². The van der Waals surface area contributed by atoms with Gasteiger partial charge in [0, 0.05) is 6.42 Å². The summed E-state index contributed by atoms with van der Waals surface area (Å²) >= 11 is 0. The van der Waals surface area contributed by atoms with E-state index in [1.165, 1.54) is 24.8 Å². The lowest BCUT2D eigenvalue weighted by Crippen LogP contribution is -2.15. The molecule has 0 unspecified atom stereocenters. The third kappa shape index (κ3) is 7.66. The van der Waals surface area contributed by atoms with Crippen LogP contribution in [-0.2, 0) is 16.0 Å². The predicted octanol–water partition coefficient (Wildman–Crippen LogP) is 4.52. The van der Waals surface area contributed by atoms with E-state index in [1.54, 1.807) is 0 Å². The highest BCUT2D eigenvalue weighted by atomic mass is 16.5. The third-order valence-electron chi connectivity index (χ3n) is 3.26. The van der Waals surface area contributed by atoms with Gasteiger partial charge in [-0.3, -0.25) is 4.79 Å². The van der Waals surface area contributed by atoms with Crippen molar-refractivity contribution in [2.45, 2.75) is 64.9 Å². The summed E-state index contributed by atoms with van der Waals surface area (Å²) in [6.07, 6.45) is 7.19. The number of aryl methyl sites for hydroxylation is 1. The number of hydrogen-bond acceptors (Lipinski definition) is 2. The Bertz CT molecular complexity index is 346. The van der Waals surface area contributed by atoms with Gasteiger partial charge in [-0.25, -0.2) is 0 Å². The number of carbonyl (C=O) groups excluding carboxylic acids is 1. The lowest BCUT2D eigenvalue weighted by Gasteiger charge is -2.13. The molecular weight excluding hydrogens is 236 g/mol. The van der Waals surface area contributed by atoms with Crippen LogP contribution >= 0.6 is 0 Å². The zero-order valence-corrected chi connectivity index (χ0v) is 12.2. The molecule has 106 valence electrons. The van der Waals surface area contributed by atoms with Crippen LogP contribution in [0.3, 0.4) is 0 Å². The molecule has 2 nitrogen and oxygen atoms in total. The number of esters is 1. The van der Waals surface area contributed by atoms with Gasteiger partial charge in [0.2, 0.25) is 0 Å². The van der Waals surface area contributed by atoms with Crippen molar-refractivity contribution in [3.8, 4) is 0 Å². The summed E-state index contributed by atoms with van der Waals surface area (Å²) in [4.78, 5) is 11.7. The Morgan fingerprint density at radius 2 is 1.89 bits per heavy atom. The lowest BCUT2D eigenvalue weighted by molar-refractivity contribution is -0.148. The van der Waals surface area contributed by atoms with Crippen molar-refractivity contribution in [1.29, 1.82) is 0 Å². The molecule has 1 rings (SSSR count). The van der Waals surface area contributed by atoms with E-state index in [1.807, 2.05) is 37.3 Å². The molecule has 0 aliphatic rings. The monoisotopic (exact) mass is 262 g/mol. The first kappa shape index (κ1) is 15.7. The summed E-state index contributed by atoms with van der Waals surface area (Å²) in [7, 11) is 0. The second-order valence-electron chi connectivity index (χ2n) is 5.14. The summed E-state index contributed by atoms with van der Waals surface area (Å²) in [5.41, 5.74) is 1.19. The Labute approximate surface area is 117 Å². The summed E-state index contributed by atoms with van der Waals surface area (Å²) < 4.78 is 5.41. The highest BCUT2D eigenvalue weighted by molar-refractivity contribution is 5.69. The first-order chi connectivity index (χ1) is 9.22. The molecular formula is C17H26O2. The van der Waals surface area contributed by atoms with Crippen LogP contribution in [0.5, 0.6) is 0 Å². The van der Waals surface area contributed by atoms with Crippen molar-refractivity contribution in [3.05, 3.63) is 35.9 Å². The first-order valence-corrected chi connectivity index (χ1v) is 7.45. The number of carbonyl (C=O) groups is 1. The van der Waals surface area contributed by atoms with Crippen LogP contribution in [0.15, 0.2) is 30.3 Å². The fraction of sp³-hybridized carbons (Fsp3) is 0.588. The van der Waals surface area contributed by atoms with Crippen molar-refractivity contribution in [1.82, 2.24) is 0 Å². The molecule has 19 heavy (non-hydrogen) atoms. The average Bonchev–Trinajstić information content (AvgIpc) is 2.42. The molecule has 0 radical (unpaired) electrons. The minimum absolute atomic E-state index is 0.0557. The van der Waals surface area contributed by atoms with E-state index in [-0.39, 0.29) is 12.1 Å². The number of ether oxygens (including phenoxy) is 1. The molecule has 0 aromatic heterocycles. The largest absolute Gasteiger partial charge is 0.463 e. The Morgan fingerprint density at radius 3 is 2.58 bits per heavy atom. The molecule has 0 heterocycles. The smallest absolute Gasteiger partial charge is 0.306 e. The summed E-state index contributed by atoms with van der Waals surface area (Å²) in [6, 6.07) is 10.1. The van der Waals surface area contributed by atoms with Gasteiger partial charge in [-0.2, -0.15) is 0 Å². The molecule has 1 aromatic rings. The maximum absolute atomic E-state index is 11.7. The van der Waals surface area contributed by atoms with Crippen molar-refractivity contribution >= 4 is 5.97 Å². The maximum atomic E-state index is 11.7. The molecule has 0 amide bonds. The molecule has 1 atom stereocenters. The summed E-state index contributed by atoms with van der Waals surface area (Å²) in [5.74, 6) is -0.0770. The van der Waals surface area contributed by atoms with Crippen LogP contribution < -0.4 is 0 Å². The fourth-order valence-electron chi connectivity index (χ4n) is 2.09. The van der Waals surface area contributed by atoms with Gasteiger partial charge in [-0.1, -0.05) is 56.5 Å². The lowest BCUT2D eigenvalue weighted by atomic mass is 10.1. The summed E-state index contributed by atoms with van der Waals surface area (Å²) in [5, 5.41) is 0. The van der Waals surface area contributed by atoms with E-state index in [4.69, 9.17) is 4.74 Å². The van der Waals surface area contributed by atoms with Gasteiger partial charge in [0.05, 0.1) is 6.10 Å². The van der Waals surface area contributed by atoms with Gasteiger partial charge in [0.25, 0.3) is 0 Å². The minimum Gasteiger partial charge on any atom is -0.463 e. The number of hydrogen-bond donors (Lipinski definition) is 0. The van der Waals surface area contributed by atoms with Crippen LogP contribution in [0.1, 0.15) is 57.9 Å². The van der Waals surface area contributed by atoms with Crippen LogP contribution in [0.25, 0.3) is 0 Å². The van der Waals surface area contributed by atoms with Crippen LogP contribution in [0, 0.1) is 0 Å². The molecule has 0 aliphatic carbocycles. The highest BCUT2D eigenvalue weighted by Gasteiger charge is 2.09. The Morgan fingerprint density at radius 1 is 1.16 bits per heavy atom. The van der Waals surface area contributed by atoms with Gasteiger partial charge in [-0.15, -0.1) is 0 Å². The average molecular weight is 262 g/mol. The quantitative estimate of drug-likeness (QED) is 0.483. The van der Waals surface area contributed by atoms with Crippen LogP contribution in [0.2, 0.25) is 0 Å². The molecule has 0 aliphatic heterocycles. The molecule has 0 N–H and O–H groups in total. The molecule has 0 saturated heterocycles. The van der Waals surface area contributed by atoms with E-state index < -0.39 is 0 Å². The van der Waals surface area contributed by atoms with E-state index in [9.17, 15) is 4.79 Å². The maximum Gasteiger partial charge on any atom is 0.306 e. The Hall–Kier alpha value is -1.31. The van der Waals surface area contributed by atoms with Gasteiger partial charge >= 0.3 is 5.97 Å². The zero-order chi connectivity index (χ0) is 13.9. The molecule has 2 heteroatoms. The first-order valence-electron chi connectivity index (χ1n) is 7.45. The fourth-order valence-corrected chi connectivity index (χ4v) is 2.09. The normalized spacial score (nSPS) is 12.1. The van der Waals surface area contributed by atoms with Crippen LogP contribution in [-0.4, -0.2) is 12.1 Å². The zero-order valence-electron chi connectivity index (χ0n) is 12.2. The third-order valence-corrected chi connectivity index (χ3v) is 3.26. The van der Waals surface area contributed by atoms with Crippen molar-refractivity contribution in [2.24, 2.45) is 0 Å². The van der Waals surface area contributed by atoms with Gasteiger partial charge in [-0.05, 0) is 31.7 Å². The Kier molecular flexibility index (Phi) is 7.95. The van der Waals surface area contributed by atoms with Gasteiger partial charge in [0.1, 0.15) is 0 Å². The molecule has 0 bridgehead atoms. The topological polar surface area (TPSA) is 26.3 Å². The predicted molar refractivity (Wildman–Crippen MR) is 79.1 cm³/mol. The van der Waals surface area contributed by atoms with Gasteiger partial charge < -0.3 is 4.74 Å². The highest BCUT2D eigenvalue weighted by Crippen LogP contribution is 2.10. The SMILES string of the molecule is CCCCCC[C@H](C)OC(=O)CCc1ccccc1. The number of benzene rings is 1. The number of unbranched alkanes of at least 4 members (excludes halogenated alkanes) is 3. The molecule has 0 fully saturated rings. The molecule has 0 saturated carbocycles. The minimum atomic E-state index is -0.0770. The standard InChI is InChI=1S/C17H26O2/c1-3-4-5-7-10-15(2)19-17(18)14-13-16-11-8-6-9-12-16/h6,8-9,11-12,15H,3-5,7,10,13-14H2,1-2H3/t15-/m0/s1. The van der Waals surface area contributed by atoms with Crippen LogP contribution in [0.4, 0.5) is 0 Å². The van der Waals surface area contributed by atoms with Gasteiger partial charge in [0.15, 0.2) is 0 Å². The molecule has 1 aromatic carbocycles. The van der Waals surface area contributed by atoms with E-state index in [0.717, 1.165) is 19.3 Å². The summed E-state index contributed by atoms with van der Waals surface area (Å²) in [6.45, 7) is 4.19. The Balaban J connectivity index is 2.13. The van der Waals surface area contributed by atoms with Crippen molar-refractivity contribution < 1.29 is 9.53 Å². The number of rotatable bonds is 9. The van der Waals surface area contributed by atoms with Crippen molar-refractivity contribution in [3.63, 3.8) is 0 Å². The van der Waals surface area contributed by atoms with E-state index in [0.29, 0.717) is 6.42 Å².